The molecule has 0 spiro atoms. The SMILES string of the molecule is Cc1cc(-c2cn3cc([C@@H]4CCNC4)nc3s2)cc2cn(C)nc12. The lowest BCUT2D eigenvalue weighted by molar-refractivity contribution is 0.742. The van der Waals surface area contributed by atoms with E-state index in [4.69, 9.17) is 4.98 Å². The first-order chi connectivity index (χ1) is 11.7. The van der Waals surface area contributed by atoms with Crippen LogP contribution in [0.2, 0.25) is 0 Å². The molecule has 0 unspecified atom stereocenters. The summed E-state index contributed by atoms with van der Waals surface area (Å²) in [6.07, 6.45) is 7.67. The van der Waals surface area contributed by atoms with Crippen molar-refractivity contribution in [2.75, 3.05) is 13.1 Å². The summed E-state index contributed by atoms with van der Waals surface area (Å²) in [7, 11) is 1.97. The Morgan fingerprint density at radius 1 is 1.25 bits per heavy atom. The number of rotatable bonds is 2. The average molecular weight is 337 g/mol. The zero-order valence-electron chi connectivity index (χ0n) is 13.8. The number of hydrogen-bond acceptors (Lipinski definition) is 4. The smallest absolute Gasteiger partial charge is 0.194 e. The standard InChI is InChI=1S/C18H19N5S/c1-11-5-13(6-14-8-22(2)21-17(11)14)16-10-23-9-15(20-18(23)24-16)12-3-4-19-7-12/h5-6,8-10,12,19H,3-4,7H2,1-2H3/t12-/m1/s1. The minimum Gasteiger partial charge on any atom is -0.316 e. The Labute approximate surface area is 143 Å². The van der Waals surface area contributed by atoms with Gasteiger partial charge in [-0.3, -0.25) is 9.08 Å². The molecule has 5 rings (SSSR count). The van der Waals surface area contributed by atoms with Gasteiger partial charge in [-0.25, -0.2) is 4.98 Å². The summed E-state index contributed by atoms with van der Waals surface area (Å²) in [5.74, 6) is 0.564. The third-order valence-corrected chi connectivity index (χ3v) is 5.90. The topological polar surface area (TPSA) is 47.1 Å². The van der Waals surface area contributed by atoms with Gasteiger partial charge in [0, 0.05) is 43.5 Å². The molecule has 5 nitrogen and oxygen atoms in total. The zero-order valence-corrected chi connectivity index (χ0v) is 14.6. The molecule has 3 aromatic heterocycles. The molecule has 0 saturated carbocycles. The van der Waals surface area contributed by atoms with Crippen LogP contribution < -0.4 is 5.32 Å². The normalized spacial score (nSPS) is 18.2. The fraction of sp³-hybridized carbons (Fsp3) is 0.333. The molecule has 1 aliphatic rings. The molecule has 4 heterocycles. The van der Waals surface area contributed by atoms with Crippen LogP contribution in [0.3, 0.4) is 0 Å². The van der Waals surface area contributed by atoms with Gasteiger partial charge in [-0.1, -0.05) is 11.3 Å². The molecule has 122 valence electrons. The fourth-order valence-electron chi connectivity index (χ4n) is 3.62. The number of nitrogens with one attached hydrogen (secondary N) is 1. The van der Waals surface area contributed by atoms with Gasteiger partial charge >= 0.3 is 0 Å². The van der Waals surface area contributed by atoms with Crippen LogP contribution in [-0.2, 0) is 7.05 Å². The van der Waals surface area contributed by atoms with Crippen LogP contribution >= 0.6 is 11.3 Å². The van der Waals surface area contributed by atoms with Gasteiger partial charge in [-0.2, -0.15) is 5.10 Å². The Morgan fingerprint density at radius 3 is 2.96 bits per heavy atom. The maximum Gasteiger partial charge on any atom is 0.194 e. The van der Waals surface area contributed by atoms with Crippen LogP contribution in [0.25, 0.3) is 26.3 Å². The number of aromatic nitrogens is 4. The Hall–Kier alpha value is -2.18. The maximum absolute atomic E-state index is 4.85. The Bertz CT molecular complexity index is 1020. The molecule has 24 heavy (non-hydrogen) atoms. The molecule has 4 aromatic rings. The Kier molecular flexibility index (Phi) is 3.05. The van der Waals surface area contributed by atoms with E-state index in [1.807, 2.05) is 11.7 Å². The molecule has 0 aliphatic carbocycles. The minimum absolute atomic E-state index is 0.564. The lowest BCUT2D eigenvalue weighted by Crippen LogP contribution is -2.08. The molecular formula is C18H19N5S. The van der Waals surface area contributed by atoms with E-state index in [1.54, 1.807) is 11.3 Å². The van der Waals surface area contributed by atoms with E-state index in [9.17, 15) is 0 Å². The highest BCUT2D eigenvalue weighted by Crippen LogP contribution is 2.33. The number of thiazole rings is 1. The summed E-state index contributed by atoms with van der Waals surface area (Å²) < 4.78 is 4.06. The third kappa shape index (κ3) is 2.17. The third-order valence-electron chi connectivity index (χ3n) is 4.85. The molecule has 1 N–H and O–H groups in total. The van der Waals surface area contributed by atoms with Crippen LogP contribution in [0.15, 0.2) is 30.7 Å². The predicted octanol–water partition coefficient (Wildman–Crippen LogP) is 3.33. The summed E-state index contributed by atoms with van der Waals surface area (Å²) in [5, 5.41) is 9.14. The van der Waals surface area contributed by atoms with Crippen molar-refractivity contribution in [1.82, 2.24) is 24.5 Å². The summed E-state index contributed by atoms with van der Waals surface area (Å²) >= 11 is 1.76. The molecule has 1 fully saturated rings. The molecular weight excluding hydrogens is 318 g/mol. The first-order valence-corrected chi connectivity index (χ1v) is 9.12. The van der Waals surface area contributed by atoms with Crippen molar-refractivity contribution in [3.8, 4) is 10.4 Å². The maximum atomic E-state index is 4.85. The average Bonchev–Trinajstić information content (AvgIpc) is 3.28. The van der Waals surface area contributed by atoms with E-state index < -0.39 is 0 Å². The highest BCUT2D eigenvalue weighted by molar-refractivity contribution is 7.20. The van der Waals surface area contributed by atoms with Gasteiger partial charge in [-0.05, 0) is 43.1 Å². The van der Waals surface area contributed by atoms with Crippen molar-refractivity contribution in [3.63, 3.8) is 0 Å². The van der Waals surface area contributed by atoms with E-state index in [-0.39, 0.29) is 0 Å². The number of imidazole rings is 1. The second-order valence-corrected chi connectivity index (χ2v) is 7.68. The molecule has 0 radical (unpaired) electrons. The monoisotopic (exact) mass is 337 g/mol. The Morgan fingerprint density at radius 2 is 2.17 bits per heavy atom. The lowest BCUT2D eigenvalue weighted by Gasteiger charge is -2.02. The number of benzene rings is 1. The molecule has 1 saturated heterocycles. The van der Waals surface area contributed by atoms with Crippen LogP contribution in [0, 0.1) is 6.92 Å². The molecule has 1 atom stereocenters. The highest BCUT2D eigenvalue weighted by Gasteiger charge is 2.20. The zero-order chi connectivity index (χ0) is 16.3. The van der Waals surface area contributed by atoms with Gasteiger partial charge in [0.25, 0.3) is 0 Å². The second kappa shape index (κ2) is 5.16. The summed E-state index contributed by atoms with van der Waals surface area (Å²) in [6, 6.07) is 4.45. The van der Waals surface area contributed by atoms with Crippen molar-refractivity contribution >= 4 is 27.2 Å². The molecule has 1 aromatic carbocycles. The molecule has 0 amide bonds. The van der Waals surface area contributed by atoms with Crippen molar-refractivity contribution in [1.29, 1.82) is 0 Å². The Balaban J connectivity index is 1.57. The van der Waals surface area contributed by atoms with Gasteiger partial charge in [0.2, 0.25) is 0 Å². The first-order valence-electron chi connectivity index (χ1n) is 8.31. The van der Waals surface area contributed by atoms with E-state index in [0.29, 0.717) is 5.92 Å². The highest BCUT2D eigenvalue weighted by atomic mass is 32.1. The fourth-order valence-corrected chi connectivity index (χ4v) is 4.58. The summed E-state index contributed by atoms with van der Waals surface area (Å²) in [4.78, 5) is 7.19. The van der Waals surface area contributed by atoms with Crippen LogP contribution in [-0.4, -0.2) is 32.3 Å². The molecule has 0 bridgehead atoms. The minimum atomic E-state index is 0.564. The van der Waals surface area contributed by atoms with Gasteiger partial charge < -0.3 is 5.32 Å². The van der Waals surface area contributed by atoms with Crippen molar-refractivity contribution in [3.05, 3.63) is 42.0 Å². The van der Waals surface area contributed by atoms with Gasteiger partial charge in [0.1, 0.15) is 0 Å². The lowest BCUT2D eigenvalue weighted by atomic mass is 10.1. The van der Waals surface area contributed by atoms with Crippen LogP contribution in [0.1, 0.15) is 23.6 Å². The van der Waals surface area contributed by atoms with Crippen molar-refractivity contribution in [2.45, 2.75) is 19.3 Å². The number of hydrogen-bond donors (Lipinski definition) is 1. The quantitative estimate of drug-likeness (QED) is 0.610. The molecule has 6 heteroatoms. The van der Waals surface area contributed by atoms with Crippen molar-refractivity contribution in [2.24, 2.45) is 7.05 Å². The van der Waals surface area contributed by atoms with E-state index in [2.05, 4.69) is 52.5 Å². The predicted molar refractivity (Wildman–Crippen MR) is 97.7 cm³/mol. The van der Waals surface area contributed by atoms with Gasteiger partial charge in [0.15, 0.2) is 4.96 Å². The number of aryl methyl sites for hydroxylation is 2. The van der Waals surface area contributed by atoms with Crippen LogP contribution in [0.4, 0.5) is 0 Å². The number of fused-ring (bicyclic) bond motifs is 2. The first kappa shape index (κ1) is 14.2. The van der Waals surface area contributed by atoms with E-state index in [0.717, 1.165) is 23.6 Å². The summed E-state index contributed by atoms with van der Waals surface area (Å²) in [6.45, 7) is 4.28. The van der Waals surface area contributed by atoms with Gasteiger partial charge in [-0.15, -0.1) is 0 Å². The van der Waals surface area contributed by atoms with E-state index in [1.165, 1.54) is 33.5 Å². The van der Waals surface area contributed by atoms with Crippen molar-refractivity contribution < 1.29 is 0 Å². The molecule has 1 aliphatic heterocycles. The van der Waals surface area contributed by atoms with Crippen LogP contribution in [0.5, 0.6) is 0 Å². The number of nitrogens with zero attached hydrogens (tertiary/aromatic N) is 4. The van der Waals surface area contributed by atoms with E-state index >= 15 is 0 Å². The second-order valence-electron chi connectivity index (χ2n) is 6.67. The van der Waals surface area contributed by atoms with Gasteiger partial charge in [0.05, 0.1) is 16.1 Å². The summed E-state index contributed by atoms with van der Waals surface area (Å²) in [5.41, 5.74) is 4.76. The largest absolute Gasteiger partial charge is 0.316 e.